The van der Waals surface area contributed by atoms with Crippen molar-refractivity contribution >= 4 is 29.9 Å². The monoisotopic (exact) mass is 514 g/mol. The Morgan fingerprint density at radius 2 is 1.90 bits per heavy atom. The lowest BCUT2D eigenvalue weighted by molar-refractivity contribution is 0.143. The Hall–Kier alpha value is -2.07. The maximum atomic E-state index is 5.69. The lowest BCUT2D eigenvalue weighted by Crippen LogP contribution is -2.38. The summed E-state index contributed by atoms with van der Waals surface area (Å²) < 4.78 is 16.2. The summed E-state index contributed by atoms with van der Waals surface area (Å²) in [6.07, 6.45) is 1.72. The van der Waals surface area contributed by atoms with Crippen LogP contribution >= 0.6 is 24.0 Å². The molecule has 7 nitrogen and oxygen atoms in total. The molecular formula is C21H31IN4O3. The standard InChI is InChI=1S/C21H30N4O3.HI/c1-5-27-19-10-8-17(9-11-19)16-25(3)21(22-2)24-15-18-7-6-12-23-20(18)28-14-13-26-4;/h6-12H,5,13-16H2,1-4H3,(H,22,24);1H. The van der Waals surface area contributed by atoms with Crippen LogP contribution in [0.1, 0.15) is 18.1 Å². The van der Waals surface area contributed by atoms with Gasteiger partial charge in [-0.25, -0.2) is 4.98 Å². The molecule has 0 saturated heterocycles. The van der Waals surface area contributed by atoms with Crippen molar-refractivity contribution in [1.82, 2.24) is 15.2 Å². The van der Waals surface area contributed by atoms with Gasteiger partial charge in [0.2, 0.25) is 5.88 Å². The Balaban J connectivity index is 0.00000420. The molecule has 1 heterocycles. The normalized spacial score (nSPS) is 10.8. The molecule has 2 rings (SSSR count). The van der Waals surface area contributed by atoms with Gasteiger partial charge in [-0.05, 0) is 30.7 Å². The number of guanidine groups is 1. The number of hydrogen-bond donors (Lipinski definition) is 1. The van der Waals surface area contributed by atoms with Gasteiger partial charge in [0, 0.05) is 46.1 Å². The van der Waals surface area contributed by atoms with Crippen molar-refractivity contribution in [3.05, 3.63) is 53.7 Å². The molecule has 0 aliphatic rings. The topological polar surface area (TPSA) is 68.2 Å². The Bertz CT molecular complexity index is 741. The molecule has 1 aromatic heterocycles. The summed E-state index contributed by atoms with van der Waals surface area (Å²) in [6, 6.07) is 12.0. The molecule has 1 aromatic carbocycles. The highest BCUT2D eigenvalue weighted by molar-refractivity contribution is 14.0. The van der Waals surface area contributed by atoms with E-state index in [0.29, 0.717) is 32.2 Å². The molecule has 0 fully saturated rings. The Morgan fingerprint density at radius 3 is 2.55 bits per heavy atom. The number of pyridine rings is 1. The molecular weight excluding hydrogens is 483 g/mol. The van der Waals surface area contributed by atoms with E-state index in [1.807, 2.05) is 38.2 Å². The summed E-state index contributed by atoms with van der Waals surface area (Å²) in [5, 5.41) is 3.37. The number of nitrogens with one attached hydrogen (secondary N) is 1. The summed E-state index contributed by atoms with van der Waals surface area (Å²) in [5.74, 6) is 2.28. The lowest BCUT2D eigenvalue weighted by Gasteiger charge is -2.22. The highest BCUT2D eigenvalue weighted by atomic mass is 127. The molecule has 1 N–H and O–H groups in total. The van der Waals surface area contributed by atoms with Crippen LogP contribution in [0.3, 0.4) is 0 Å². The van der Waals surface area contributed by atoms with Gasteiger partial charge in [-0.15, -0.1) is 24.0 Å². The maximum absolute atomic E-state index is 5.69. The number of aliphatic imine (C=N–C) groups is 1. The van der Waals surface area contributed by atoms with Crippen molar-refractivity contribution in [1.29, 1.82) is 0 Å². The zero-order valence-corrected chi connectivity index (χ0v) is 19.9. The van der Waals surface area contributed by atoms with Crippen molar-refractivity contribution in [2.75, 3.05) is 41.0 Å². The van der Waals surface area contributed by atoms with Gasteiger partial charge in [0.25, 0.3) is 0 Å². The molecule has 0 spiro atoms. The Morgan fingerprint density at radius 1 is 1.14 bits per heavy atom. The molecule has 0 aliphatic heterocycles. The number of halogens is 1. The van der Waals surface area contributed by atoms with Crippen LogP contribution in [0.4, 0.5) is 0 Å². The third kappa shape index (κ3) is 8.45. The molecule has 0 radical (unpaired) electrons. The maximum Gasteiger partial charge on any atom is 0.218 e. The molecule has 160 valence electrons. The molecule has 2 aromatic rings. The molecule has 0 aliphatic carbocycles. The largest absolute Gasteiger partial charge is 0.494 e. The number of aromatic nitrogens is 1. The van der Waals surface area contributed by atoms with Crippen LogP contribution in [0.5, 0.6) is 11.6 Å². The van der Waals surface area contributed by atoms with Gasteiger partial charge in [-0.3, -0.25) is 4.99 Å². The number of nitrogens with zero attached hydrogens (tertiary/aromatic N) is 3. The highest BCUT2D eigenvalue weighted by Crippen LogP contribution is 2.15. The first kappa shape index (κ1) is 25.0. The van der Waals surface area contributed by atoms with Gasteiger partial charge in [-0.1, -0.05) is 18.2 Å². The molecule has 8 heteroatoms. The molecule has 0 amide bonds. The van der Waals surface area contributed by atoms with Gasteiger partial charge < -0.3 is 24.4 Å². The van der Waals surface area contributed by atoms with E-state index < -0.39 is 0 Å². The summed E-state index contributed by atoms with van der Waals surface area (Å²) in [5.41, 5.74) is 2.15. The predicted molar refractivity (Wildman–Crippen MR) is 126 cm³/mol. The fourth-order valence-corrected chi connectivity index (χ4v) is 2.68. The summed E-state index contributed by atoms with van der Waals surface area (Å²) in [7, 11) is 5.43. The number of methoxy groups -OCH3 is 1. The first-order valence-corrected chi connectivity index (χ1v) is 9.37. The summed E-state index contributed by atoms with van der Waals surface area (Å²) >= 11 is 0. The summed E-state index contributed by atoms with van der Waals surface area (Å²) in [4.78, 5) is 10.8. The number of hydrogen-bond acceptors (Lipinski definition) is 5. The molecule has 0 atom stereocenters. The first-order chi connectivity index (χ1) is 13.7. The van der Waals surface area contributed by atoms with Gasteiger partial charge in [0.1, 0.15) is 12.4 Å². The smallest absolute Gasteiger partial charge is 0.218 e. The van der Waals surface area contributed by atoms with E-state index in [0.717, 1.165) is 23.8 Å². The van der Waals surface area contributed by atoms with E-state index in [-0.39, 0.29) is 24.0 Å². The number of ether oxygens (including phenoxy) is 3. The van der Waals surface area contributed by atoms with Crippen LogP contribution in [-0.4, -0.2) is 56.9 Å². The Kier molecular flexibility index (Phi) is 12.1. The SMILES string of the molecule is CCOc1ccc(CN(C)C(=NC)NCc2cccnc2OCCOC)cc1.I. The second-order valence-electron chi connectivity index (χ2n) is 6.14. The van der Waals surface area contributed by atoms with Crippen molar-refractivity contribution in [2.45, 2.75) is 20.0 Å². The van der Waals surface area contributed by atoms with E-state index >= 15 is 0 Å². The first-order valence-electron chi connectivity index (χ1n) is 9.37. The quantitative estimate of drug-likeness (QED) is 0.227. The second-order valence-corrected chi connectivity index (χ2v) is 6.14. The van der Waals surface area contributed by atoms with Crippen LogP contribution in [-0.2, 0) is 17.8 Å². The second kappa shape index (κ2) is 14.0. The average molecular weight is 514 g/mol. The van der Waals surface area contributed by atoms with Crippen molar-refractivity contribution < 1.29 is 14.2 Å². The van der Waals surface area contributed by atoms with Gasteiger partial charge >= 0.3 is 0 Å². The number of rotatable bonds is 10. The van der Waals surface area contributed by atoms with Crippen molar-refractivity contribution in [3.63, 3.8) is 0 Å². The average Bonchev–Trinajstić information content (AvgIpc) is 2.71. The zero-order valence-electron chi connectivity index (χ0n) is 17.6. The van der Waals surface area contributed by atoms with Crippen LogP contribution in [0.25, 0.3) is 0 Å². The number of benzene rings is 1. The van der Waals surface area contributed by atoms with E-state index in [1.54, 1.807) is 20.4 Å². The fourth-order valence-electron chi connectivity index (χ4n) is 2.68. The highest BCUT2D eigenvalue weighted by Gasteiger charge is 2.10. The molecule has 0 saturated carbocycles. The molecule has 0 bridgehead atoms. The lowest BCUT2D eigenvalue weighted by atomic mass is 10.2. The molecule has 29 heavy (non-hydrogen) atoms. The minimum Gasteiger partial charge on any atom is -0.494 e. The van der Waals surface area contributed by atoms with E-state index in [9.17, 15) is 0 Å². The van der Waals surface area contributed by atoms with Gasteiger partial charge in [0.05, 0.1) is 13.2 Å². The van der Waals surface area contributed by atoms with E-state index in [1.165, 1.54) is 5.56 Å². The van der Waals surface area contributed by atoms with Gasteiger partial charge in [0.15, 0.2) is 5.96 Å². The van der Waals surface area contributed by atoms with Crippen LogP contribution < -0.4 is 14.8 Å². The third-order valence-electron chi connectivity index (χ3n) is 4.04. The minimum absolute atomic E-state index is 0. The minimum atomic E-state index is 0. The van der Waals surface area contributed by atoms with Crippen LogP contribution in [0.15, 0.2) is 47.6 Å². The van der Waals surface area contributed by atoms with E-state index in [4.69, 9.17) is 14.2 Å². The van der Waals surface area contributed by atoms with Crippen LogP contribution in [0, 0.1) is 0 Å². The van der Waals surface area contributed by atoms with Gasteiger partial charge in [-0.2, -0.15) is 0 Å². The van der Waals surface area contributed by atoms with Crippen LogP contribution in [0.2, 0.25) is 0 Å². The summed E-state index contributed by atoms with van der Waals surface area (Å²) in [6.45, 7) is 4.94. The van der Waals surface area contributed by atoms with Crippen molar-refractivity contribution in [2.24, 2.45) is 4.99 Å². The van der Waals surface area contributed by atoms with E-state index in [2.05, 4.69) is 32.3 Å². The van der Waals surface area contributed by atoms with Crippen molar-refractivity contribution in [3.8, 4) is 11.6 Å². The Labute approximate surface area is 190 Å². The zero-order chi connectivity index (χ0) is 20.2. The third-order valence-corrected chi connectivity index (χ3v) is 4.04. The fraction of sp³-hybridized carbons (Fsp3) is 0.429. The molecule has 0 unspecified atom stereocenters. The predicted octanol–water partition coefficient (Wildman–Crippen LogP) is 3.33.